The molecule has 1 saturated heterocycles. The molecule has 5 rings (SSSR count). The second-order valence-corrected chi connectivity index (χ2v) is 17.0. The van der Waals surface area contributed by atoms with E-state index >= 15 is 4.79 Å². The topological polar surface area (TPSA) is 149 Å². The molecule has 5 unspecified atom stereocenters. The Morgan fingerprint density at radius 1 is 1.08 bits per heavy atom. The van der Waals surface area contributed by atoms with Crippen molar-refractivity contribution in [1.29, 1.82) is 0 Å². The second-order valence-electron chi connectivity index (χ2n) is 17.0. The standard InChI is InChI=1S/C37H58N2O9/c1-20(11-14-28(42)46-8)24-12-13-25-29-27(47-21(2)40)19-22-18-23(41)15-16-36(22,6)30(29)31(32(43)37(24,25)7)38-33(44)26-10-9-17-39(26)34(45)48-35(3,4)5/h20,22-27,29-31,41H,9-19H2,1-8H3,(H,38,44)/t20-,22+,23-,24?,25?,26?,27-,29?,30?,31+,36+,37-/m1/s1. The first-order chi connectivity index (χ1) is 22.4. The van der Waals surface area contributed by atoms with Gasteiger partial charge in [-0.2, -0.15) is 0 Å². The summed E-state index contributed by atoms with van der Waals surface area (Å²) in [6.07, 6.45) is 4.52. The Balaban J connectivity index is 1.55. The van der Waals surface area contributed by atoms with Crippen LogP contribution in [0.5, 0.6) is 0 Å². The molecule has 4 saturated carbocycles. The number of rotatable bonds is 7. The molecule has 12 atom stereocenters. The molecule has 4 aliphatic carbocycles. The predicted octanol–water partition coefficient (Wildman–Crippen LogP) is 4.81. The van der Waals surface area contributed by atoms with Crippen LogP contribution in [0.3, 0.4) is 0 Å². The second kappa shape index (κ2) is 13.6. The molecule has 1 heterocycles. The Kier molecular flexibility index (Phi) is 10.3. The molecule has 11 heteroatoms. The van der Waals surface area contributed by atoms with Gasteiger partial charge in [0.05, 0.1) is 19.3 Å². The van der Waals surface area contributed by atoms with E-state index in [1.165, 1.54) is 18.9 Å². The van der Waals surface area contributed by atoms with Crippen molar-refractivity contribution < 1.29 is 43.3 Å². The third kappa shape index (κ3) is 6.61. The van der Waals surface area contributed by atoms with Crippen molar-refractivity contribution in [3.05, 3.63) is 0 Å². The quantitative estimate of drug-likeness (QED) is 0.287. The van der Waals surface area contributed by atoms with E-state index in [2.05, 4.69) is 19.2 Å². The highest BCUT2D eigenvalue weighted by molar-refractivity contribution is 5.96. The lowest BCUT2D eigenvalue weighted by atomic mass is 9.42. The van der Waals surface area contributed by atoms with E-state index in [1.54, 1.807) is 20.8 Å². The molecule has 2 amide bonds. The Labute approximate surface area is 285 Å². The lowest BCUT2D eigenvalue weighted by Crippen LogP contribution is -2.71. The van der Waals surface area contributed by atoms with Crippen molar-refractivity contribution in [3.8, 4) is 0 Å². The zero-order chi connectivity index (χ0) is 35.3. The maximum atomic E-state index is 15.3. The number of aliphatic hydroxyl groups excluding tert-OH is 1. The molecule has 2 N–H and O–H groups in total. The summed E-state index contributed by atoms with van der Waals surface area (Å²) in [6.45, 7) is 13.5. The van der Waals surface area contributed by atoms with Crippen molar-refractivity contribution in [3.63, 3.8) is 0 Å². The summed E-state index contributed by atoms with van der Waals surface area (Å²) in [7, 11) is 1.38. The van der Waals surface area contributed by atoms with Crippen LogP contribution in [0.1, 0.15) is 113 Å². The van der Waals surface area contributed by atoms with Gasteiger partial charge >= 0.3 is 18.0 Å². The van der Waals surface area contributed by atoms with Gasteiger partial charge < -0.3 is 24.6 Å². The molecular formula is C37H58N2O9. The van der Waals surface area contributed by atoms with Crippen molar-refractivity contribution in [1.82, 2.24) is 10.2 Å². The Hall–Kier alpha value is -2.69. The van der Waals surface area contributed by atoms with Crippen LogP contribution in [-0.4, -0.2) is 83.3 Å². The van der Waals surface area contributed by atoms with Crippen LogP contribution in [0, 0.1) is 46.3 Å². The SMILES string of the molecule is COC(=O)CC[C@@H](C)C1CCC2C3C([C@H](NC(=O)C4CCCN4C(=O)OC(C)(C)C)C(=O)[C@@]21C)[C@@]1(C)CC[C@@H](O)C[C@H]1C[C@H]3OC(C)=O. The van der Waals surface area contributed by atoms with E-state index in [0.717, 1.165) is 12.8 Å². The number of carbonyl (C=O) groups is 5. The first kappa shape index (κ1) is 36.6. The summed E-state index contributed by atoms with van der Waals surface area (Å²) in [6, 6.07) is -1.63. The number of esters is 2. The minimum absolute atomic E-state index is 0.00401. The van der Waals surface area contributed by atoms with Gasteiger partial charge in [0.1, 0.15) is 17.7 Å². The number of fused-ring (bicyclic) bond motifs is 5. The van der Waals surface area contributed by atoms with Crippen molar-refractivity contribution in [2.75, 3.05) is 13.7 Å². The van der Waals surface area contributed by atoms with E-state index in [1.807, 2.05) is 6.92 Å². The van der Waals surface area contributed by atoms with Gasteiger partial charge in [-0.05, 0) is 114 Å². The van der Waals surface area contributed by atoms with Gasteiger partial charge in [0.15, 0.2) is 5.78 Å². The third-order valence-corrected chi connectivity index (χ3v) is 13.1. The number of aliphatic hydroxyl groups is 1. The molecule has 5 fully saturated rings. The van der Waals surface area contributed by atoms with Gasteiger partial charge in [-0.25, -0.2) is 4.79 Å². The van der Waals surface area contributed by atoms with Crippen LogP contribution in [-0.2, 0) is 33.4 Å². The summed E-state index contributed by atoms with van der Waals surface area (Å²) < 4.78 is 16.7. The number of ketones is 1. The van der Waals surface area contributed by atoms with Gasteiger partial charge in [0.25, 0.3) is 0 Å². The molecule has 1 aliphatic heterocycles. The number of methoxy groups -OCH3 is 1. The number of hydrogen-bond acceptors (Lipinski definition) is 9. The third-order valence-electron chi connectivity index (χ3n) is 13.1. The molecule has 0 radical (unpaired) electrons. The Bertz CT molecular complexity index is 1280. The largest absolute Gasteiger partial charge is 0.469 e. The average molecular weight is 675 g/mol. The summed E-state index contributed by atoms with van der Waals surface area (Å²) in [5.41, 5.74) is -1.93. The summed E-state index contributed by atoms with van der Waals surface area (Å²) >= 11 is 0. The van der Waals surface area contributed by atoms with Crippen molar-refractivity contribution in [2.45, 2.75) is 143 Å². The van der Waals surface area contributed by atoms with Crippen LogP contribution in [0.15, 0.2) is 0 Å². The predicted molar refractivity (Wildman–Crippen MR) is 176 cm³/mol. The number of Topliss-reactive ketones (excluding diaryl/α,β-unsaturated/α-hetero) is 1. The molecular weight excluding hydrogens is 616 g/mol. The maximum Gasteiger partial charge on any atom is 0.410 e. The molecule has 0 aromatic carbocycles. The first-order valence-electron chi connectivity index (χ1n) is 18.2. The smallest absolute Gasteiger partial charge is 0.410 e. The van der Waals surface area contributed by atoms with Crippen LogP contribution in [0.2, 0.25) is 0 Å². The van der Waals surface area contributed by atoms with E-state index in [9.17, 15) is 24.3 Å². The molecule has 270 valence electrons. The Morgan fingerprint density at radius 3 is 2.44 bits per heavy atom. The van der Waals surface area contributed by atoms with Crippen LogP contribution in [0.25, 0.3) is 0 Å². The number of nitrogens with zero attached hydrogens (tertiary/aromatic N) is 1. The minimum Gasteiger partial charge on any atom is -0.469 e. The fourth-order valence-electron chi connectivity index (χ4n) is 11.0. The summed E-state index contributed by atoms with van der Waals surface area (Å²) in [4.78, 5) is 69.0. The molecule has 11 nitrogen and oxygen atoms in total. The van der Waals surface area contributed by atoms with E-state index in [0.29, 0.717) is 51.5 Å². The van der Waals surface area contributed by atoms with Crippen LogP contribution < -0.4 is 5.32 Å². The fraction of sp³-hybridized carbons (Fsp3) is 0.865. The maximum absolute atomic E-state index is 15.3. The number of hydrogen-bond donors (Lipinski definition) is 2. The van der Waals surface area contributed by atoms with Gasteiger partial charge in [-0.15, -0.1) is 0 Å². The van der Waals surface area contributed by atoms with Crippen LogP contribution >= 0.6 is 0 Å². The monoisotopic (exact) mass is 674 g/mol. The molecule has 0 bridgehead atoms. The number of likely N-dealkylation sites (tertiary alicyclic amines) is 1. The first-order valence-corrected chi connectivity index (χ1v) is 18.2. The highest BCUT2D eigenvalue weighted by atomic mass is 16.6. The zero-order valence-electron chi connectivity index (χ0n) is 30.2. The highest BCUT2D eigenvalue weighted by Gasteiger charge is 2.70. The zero-order valence-corrected chi connectivity index (χ0v) is 30.2. The van der Waals surface area contributed by atoms with Crippen molar-refractivity contribution in [2.24, 2.45) is 46.3 Å². The lowest BCUT2D eigenvalue weighted by Gasteiger charge is -2.64. The van der Waals surface area contributed by atoms with Gasteiger partial charge in [-0.3, -0.25) is 24.1 Å². The Morgan fingerprint density at radius 2 is 1.79 bits per heavy atom. The fourth-order valence-corrected chi connectivity index (χ4v) is 11.0. The summed E-state index contributed by atoms with van der Waals surface area (Å²) in [5, 5.41) is 14.0. The normalized spacial score (nSPS) is 39.8. The van der Waals surface area contributed by atoms with Gasteiger partial charge in [0, 0.05) is 31.2 Å². The number of carbonyl (C=O) groups excluding carboxylic acids is 5. The van der Waals surface area contributed by atoms with E-state index < -0.39 is 41.4 Å². The van der Waals surface area contributed by atoms with E-state index in [-0.39, 0.29) is 71.0 Å². The lowest BCUT2D eigenvalue weighted by molar-refractivity contribution is -0.201. The van der Waals surface area contributed by atoms with Gasteiger partial charge in [-0.1, -0.05) is 20.8 Å². The molecule has 0 aromatic heterocycles. The molecule has 0 aromatic rings. The highest BCUT2D eigenvalue weighted by Crippen LogP contribution is 2.67. The van der Waals surface area contributed by atoms with Gasteiger partial charge in [0.2, 0.25) is 5.91 Å². The number of nitrogens with one attached hydrogen (secondary N) is 1. The van der Waals surface area contributed by atoms with Crippen molar-refractivity contribution >= 4 is 29.7 Å². The van der Waals surface area contributed by atoms with Crippen LogP contribution in [0.4, 0.5) is 4.79 Å². The summed E-state index contributed by atoms with van der Waals surface area (Å²) in [5.74, 6) is -1.60. The molecule has 48 heavy (non-hydrogen) atoms. The number of amides is 2. The molecule has 0 spiro atoms. The number of ether oxygens (including phenoxy) is 3. The average Bonchev–Trinajstić information content (AvgIpc) is 3.63. The molecule has 5 aliphatic rings. The minimum atomic E-state index is -0.862. The van der Waals surface area contributed by atoms with E-state index in [4.69, 9.17) is 14.2 Å².